The van der Waals surface area contributed by atoms with Crippen LogP contribution in [-0.2, 0) is 14.3 Å². The van der Waals surface area contributed by atoms with Gasteiger partial charge in [0.15, 0.2) is 0 Å². The lowest BCUT2D eigenvalue weighted by Crippen LogP contribution is -2.38. The van der Waals surface area contributed by atoms with E-state index in [4.69, 9.17) is 9.47 Å². The molecule has 6 heteroatoms. The summed E-state index contributed by atoms with van der Waals surface area (Å²) in [6.07, 6.45) is 3.66. The van der Waals surface area contributed by atoms with Gasteiger partial charge in [0.2, 0.25) is 5.91 Å². The van der Waals surface area contributed by atoms with Crippen LogP contribution < -0.4 is 0 Å². The Morgan fingerprint density at radius 2 is 2.09 bits per heavy atom. The Morgan fingerprint density at radius 3 is 2.68 bits per heavy atom. The Balaban J connectivity index is 2.40. The molecule has 0 spiro atoms. The van der Waals surface area contributed by atoms with E-state index < -0.39 is 0 Å². The second kappa shape index (κ2) is 10.1. The SMILES string of the molecule is CCSSC(C)(C)CCCC(=O)N1C[C@H](OC)C[C@H]1COC. The van der Waals surface area contributed by atoms with Gasteiger partial charge in [-0.1, -0.05) is 28.5 Å². The molecule has 0 bridgehead atoms. The summed E-state index contributed by atoms with van der Waals surface area (Å²) in [7, 11) is 7.23. The minimum Gasteiger partial charge on any atom is -0.383 e. The molecular weight excluding hydrogens is 318 g/mol. The van der Waals surface area contributed by atoms with Crippen LogP contribution in [0.25, 0.3) is 0 Å². The Labute approximate surface area is 143 Å². The molecular formula is C16H31NO3S2. The van der Waals surface area contributed by atoms with E-state index in [-0.39, 0.29) is 22.8 Å². The highest BCUT2D eigenvalue weighted by molar-refractivity contribution is 8.77. The van der Waals surface area contributed by atoms with E-state index in [1.165, 1.54) is 0 Å². The van der Waals surface area contributed by atoms with E-state index in [1.54, 1.807) is 14.2 Å². The van der Waals surface area contributed by atoms with Crippen molar-refractivity contribution in [1.82, 2.24) is 4.90 Å². The third-order valence-corrected chi connectivity index (χ3v) is 7.38. The van der Waals surface area contributed by atoms with E-state index >= 15 is 0 Å². The lowest BCUT2D eigenvalue weighted by molar-refractivity contribution is -0.133. The molecule has 1 saturated heterocycles. The number of ether oxygens (including phenoxy) is 2. The Kier molecular flexibility index (Phi) is 9.21. The molecule has 0 N–H and O–H groups in total. The number of rotatable bonds is 10. The molecule has 22 heavy (non-hydrogen) atoms. The zero-order chi connectivity index (χ0) is 16.6. The molecule has 4 nitrogen and oxygen atoms in total. The summed E-state index contributed by atoms with van der Waals surface area (Å²) in [5.41, 5.74) is 0. The summed E-state index contributed by atoms with van der Waals surface area (Å²) in [6.45, 7) is 7.99. The van der Waals surface area contributed by atoms with Crippen LogP contribution in [0.3, 0.4) is 0 Å². The number of carbonyl (C=O) groups excluding carboxylic acids is 1. The van der Waals surface area contributed by atoms with Gasteiger partial charge < -0.3 is 14.4 Å². The van der Waals surface area contributed by atoms with Crippen LogP contribution in [0.15, 0.2) is 0 Å². The molecule has 0 aromatic rings. The maximum absolute atomic E-state index is 12.5. The van der Waals surface area contributed by atoms with E-state index in [0.717, 1.165) is 25.0 Å². The van der Waals surface area contributed by atoms with Crippen LogP contribution in [0.2, 0.25) is 0 Å². The van der Waals surface area contributed by atoms with E-state index in [0.29, 0.717) is 19.6 Å². The lowest BCUT2D eigenvalue weighted by Gasteiger charge is -2.26. The number of amides is 1. The van der Waals surface area contributed by atoms with Crippen LogP contribution in [-0.4, -0.2) is 60.8 Å². The third kappa shape index (κ3) is 6.69. The van der Waals surface area contributed by atoms with Gasteiger partial charge in [-0.05, 0) is 33.1 Å². The number of hydrogen-bond donors (Lipinski definition) is 0. The maximum atomic E-state index is 12.5. The Hall–Kier alpha value is 0.0900. The monoisotopic (exact) mass is 349 g/mol. The lowest BCUT2D eigenvalue weighted by atomic mass is 10.0. The largest absolute Gasteiger partial charge is 0.383 e. The van der Waals surface area contributed by atoms with Gasteiger partial charge in [-0.3, -0.25) is 4.79 Å². The molecule has 1 aliphatic heterocycles. The second-order valence-electron chi connectivity index (χ2n) is 6.35. The van der Waals surface area contributed by atoms with Crippen molar-refractivity contribution in [2.45, 2.75) is 63.3 Å². The fourth-order valence-corrected chi connectivity index (χ4v) is 4.99. The summed E-state index contributed by atoms with van der Waals surface area (Å²) >= 11 is 0. The third-order valence-electron chi connectivity index (χ3n) is 3.96. The van der Waals surface area contributed by atoms with Gasteiger partial charge in [-0.15, -0.1) is 0 Å². The first kappa shape index (κ1) is 20.1. The van der Waals surface area contributed by atoms with Crippen molar-refractivity contribution >= 4 is 27.5 Å². The van der Waals surface area contributed by atoms with Gasteiger partial charge in [0.1, 0.15) is 0 Å². The fraction of sp³-hybridized carbons (Fsp3) is 0.938. The van der Waals surface area contributed by atoms with Crippen molar-refractivity contribution in [2.24, 2.45) is 0 Å². The summed E-state index contributed by atoms with van der Waals surface area (Å²) < 4.78 is 10.9. The second-order valence-corrected chi connectivity index (χ2v) is 9.64. The molecule has 130 valence electrons. The number of hydrogen-bond acceptors (Lipinski definition) is 5. The van der Waals surface area contributed by atoms with Crippen LogP contribution in [0.5, 0.6) is 0 Å². The molecule has 0 saturated carbocycles. The first-order chi connectivity index (χ1) is 10.4. The average Bonchev–Trinajstić information content (AvgIpc) is 2.88. The predicted molar refractivity (Wildman–Crippen MR) is 96.4 cm³/mol. The minimum absolute atomic E-state index is 0.150. The van der Waals surface area contributed by atoms with Crippen molar-refractivity contribution in [2.75, 3.05) is 33.1 Å². The molecule has 0 aliphatic carbocycles. The molecule has 1 fully saturated rings. The minimum atomic E-state index is 0.150. The molecule has 1 amide bonds. The first-order valence-corrected chi connectivity index (χ1v) is 10.4. The highest BCUT2D eigenvalue weighted by Gasteiger charge is 2.35. The van der Waals surface area contributed by atoms with Gasteiger partial charge in [-0.2, -0.15) is 0 Å². The van der Waals surface area contributed by atoms with E-state index in [9.17, 15) is 4.79 Å². The van der Waals surface area contributed by atoms with Crippen molar-refractivity contribution in [3.63, 3.8) is 0 Å². The van der Waals surface area contributed by atoms with E-state index in [1.807, 2.05) is 26.5 Å². The normalized spacial score (nSPS) is 22.3. The predicted octanol–water partition coefficient (Wildman–Crippen LogP) is 3.60. The van der Waals surface area contributed by atoms with Gasteiger partial charge in [0.05, 0.1) is 18.8 Å². The molecule has 0 radical (unpaired) electrons. The smallest absolute Gasteiger partial charge is 0.222 e. The first-order valence-electron chi connectivity index (χ1n) is 8.05. The number of methoxy groups -OCH3 is 2. The standard InChI is InChI=1S/C16H31NO3S2/c1-6-21-22-16(2,3)9-7-8-15(18)17-11-14(20-5)10-13(17)12-19-4/h13-14H,6-12H2,1-5H3/t13-,14+/m0/s1. The Morgan fingerprint density at radius 1 is 1.36 bits per heavy atom. The number of carbonyl (C=O) groups is 1. The molecule has 2 atom stereocenters. The summed E-state index contributed by atoms with van der Waals surface area (Å²) in [5, 5.41) is 0. The van der Waals surface area contributed by atoms with Gasteiger partial charge in [-0.25, -0.2) is 0 Å². The summed E-state index contributed by atoms with van der Waals surface area (Å²) in [6, 6.07) is 0.167. The van der Waals surface area contributed by atoms with Crippen LogP contribution in [0, 0.1) is 0 Å². The average molecular weight is 350 g/mol. The van der Waals surface area contributed by atoms with Gasteiger partial charge in [0, 0.05) is 37.7 Å². The fourth-order valence-electron chi connectivity index (χ4n) is 2.77. The number of nitrogens with zero attached hydrogens (tertiary/aromatic N) is 1. The quantitative estimate of drug-likeness (QED) is 0.564. The van der Waals surface area contributed by atoms with Crippen molar-refractivity contribution in [3.8, 4) is 0 Å². The van der Waals surface area contributed by atoms with Crippen LogP contribution >= 0.6 is 21.6 Å². The van der Waals surface area contributed by atoms with Crippen molar-refractivity contribution in [1.29, 1.82) is 0 Å². The maximum Gasteiger partial charge on any atom is 0.222 e. The zero-order valence-corrected chi connectivity index (χ0v) is 16.2. The highest BCUT2D eigenvalue weighted by atomic mass is 33.1. The van der Waals surface area contributed by atoms with Gasteiger partial charge >= 0.3 is 0 Å². The topological polar surface area (TPSA) is 38.8 Å². The molecule has 1 heterocycles. The van der Waals surface area contributed by atoms with Gasteiger partial charge in [0.25, 0.3) is 0 Å². The molecule has 1 rings (SSSR count). The van der Waals surface area contributed by atoms with Crippen molar-refractivity contribution in [3.05, 3.63) is 0 Å². The molecule has 0 aromatic carbocycles. The summed E-state index contributed by atoms with van der Waals surface area (Å²) in [4.78, 5) is 14.5. The van der Waals surface area contributed by atoms with Crippen LogP contribution in [0.4, 0.5) is 0 Å². The molecule has 0 unspecified atom stereocenters. The summed E-state index contributed by atoms with van der Waals surface area (Å²) in [5.74, 6) is 1.36. The van der Waals surface area contributed by atoms with Crippen molar-refractivity contribution < 1.29 is 14.3 Å². The highest BCUT2D eigenvalue weighted by Crippen LogP contribution is 2.38. The Bertz CT molecular complexity index is 339. The zero-order valence-electron chi connectivity index (χ0n) is 14.6. The van der Waals surface area contributed by atoms with Crippen LogP contribution in [0.1, 0.15) is 46.5 Å². The number of likely N-dealkylation sites (tertiary alicyclic amines) is 1. The van der Waals surface area contributed by atoms with E-state index in [2.05, 4.69) is 20.8 Å². The molecule has 1 aliphatic rings. The molecule has 0 aromatic heterocycles.